The second-order valence-corrected chi connectivity index (χ2v) is 11.5. The number of rotatable bonds is 10. The van der Waals surface area contributed by atoms with Crippen molar-refractivity contribution in [3.63, 3.8) is 0 Å². The SMILES string of the molecule is Cc1cccc(C(=O)NCCC2(C(=O)NC(C)Cc3ccc(NC(=O)c4c(Cl)cccc4Cl)cc3)CCCC2)c1. The lowest BCUT2D eigenvalue weighted by Crippen LogP contribution is -2.45. The van der Waals surface area contributed by atoms with E-state index in [-0.39, 0.29) is 29.3 Å². The molecule has 3 amide bonds. The van der Waals surface area contributed by atoms with E-state index < -0.39 is 5.41 Å². The van der Waals surface area contributed by atoms with Crippen molar-refractivity contribution in [2.45, 2.75) is 58.4 Å². The predicted molar refractivity (Wildman–Crippen MR) is 161 cm³/mol. The molecule has 1 saturated carbocycles. The monoisotopic (exact) mass is 579 g/mol. The molecule has 8 heteroatoms. The van der Waals surface area contributed by atoms with Crippen LogP contribution in [0.15, 0.2) is 66.7 Å². The summed E-state index contributed by atoms with van der Waals surface area (Å²) in [5.74, 6) is -0.427. The molecule has 1 atom stereocenters. The van der Waals surface area contributed by atoms with Crippen LogP contribution in [0.2, 0.25) is 10.0 Å². The molecule has 0 bridgehead atoms. The quantitative estimate of drug-likeness (QED) is 0.242. The zero-order valence-electron chi connectivity index (χ0n) is 22.9. The second-order valence-electron chi connectivity index (χ2n) is 10.7. The lowest BCUT2D eigenvalue weighted by Gasteiger charge is -2.29. The molecule has 0 aliphatic heterocycles. The van der Waals surface area contributed by atoms with E-state index in [1.165, 1.54) is 0 Å². The van der Waals surface area contributed by atoms with Crippen molar-refractivity contribution in [2.75, 3.05) is 11.9 Å². The van der Waals surface area contributed by atoms with E-state index in [0.717, 1.165) is 36.8 Å². The number of aryl methyl sites for hydroxylation is 1. The lowest BCUT2D eigenvalue weighted by atomic mass is 9.81. The summed E-state index contributed by atoms with van der Waals surface area (Å²) in [7, 11) is 0. The third kappa shape index (κ3) is 7.43. The van der Waals surface area contributed by atoms with E-state index in [0.29, 0.717) is 40.7 Å². The van der Waals surface area contributed by atoms with Gasteiger partial charge in [-0.1, -0.05) is 71.9 Å². The van der Waals surface area contributed by atoms with Gasteiger partial charge in [-0.05, 0) is 81.5 Å². The molecule has 1 aliphatic carbocycles. The van der Waals surface area contributed by atoms with Crippen LogP contribution in [0, 0.1) is 12.3 Å². The molecule has 3 aromatic carbocycles. The van der Waals surface area contributed by atoms with Crippen molar-refractivity contribution in [3.8, 4) is 0 Å². The van der Waals surface area contributed by atoms with Gasteiger partial charge in [-0.2, -0.15) is 0 Å². The molecule has 0 spiro atoms. The van der Waals surface area contributed by atoms with Gasteiger partial charge in [0.05, 0.1) is 21.0 Å². The molecule has 0 heterocycles. The van der Waals surface area contributed by atoms with Crippen LogP contribution in [-0.4, -0.2) is 30.3 Å². The zero-order valence-corrected chi connectivity index (χ0v) is 24.4. The van der Waals surface area contributed by atoms with Crippen LogP contribution < -0.4 is 16.0 Å². The topological polar surface area (TPSA) is 87.3 Å². The summed E-state index contributed by atoms with van der Waals surface area (Å²) in [6.45, 7) is 4.41. The Balaban J connectivity index is 1.29. The Labute approximate surface area is 245 Å². The summed E-state index contributed by atoms with van der Waals surface area (Å²) in [6.07, 6.45) is 4.95. The van der Waals surface area contributed by atoms with E-state index in [1.54, 1.807) is 24.3 Å². The van der Waals surface area contributed by atoms with E-state index in [1.807, 2.05) is 56.3 Å². The van der Waals surface area contributed by atoms with Crippen molar-refractivity contribution >= 4 is 46.6 Å². The van der Waals surface area contributed by atoms with Crippen molar-refractivity contribution in [2.24, 2.45) is 5.41 Å². The van der Waals surface area contributed by atoms with E-state index >= 15 is 0 Å². The average Bonchev–Trinajstić information content (AvgIpc) is 3.40. The van der Waals surface area contributed by atoms with Crippen LogP contribution in [0.1, 0.15) is 70.9 Å². The standard InChI is InChI=1S/C32H35Cl2N3O3/c1-21-7-5-8-24(19-21)29(38)35-18-17-32(15-3-4-16-32)31(40)36-22(2)20-23-11-13-25(14-12-23)37-30(39)28-26(33)9-6-10-27(28)34/h5-14,19,22H,3-4,15-18,20H2,1-2H3,(H,35,38)(H,36,40)(H,37,39). The number of anilines is 1. The molecule has 3 aromatic rings. The Morgan fingerprint density at radius 1 is 0.900 bits per heavy atom. The maximum Gasteiger partial charge on any atom is 0.258 e. The number of hydrogen-bond acceptors (Lipinski definition) is 3. The van der Waals surface area contributed by atoms with Gasteiger partial charge in [-0.15, -0.1) is 0 Å². The molecule has 4 rings (SSSR count). The van der Waals surface area contributed by atoms with Crippen molar-refractivity contribution in [1.82, 2.24) is 10.6 Å². The summed E-state index contributed by atoms with van der Waals surface area (Å²) < 4.78 is 0. The number of carbonyl (C=O) groups excluding carboxylic acids is 3. The normalized spacial score (nSPS) is 14.8. The molecule has 0 saturated heterocycles. The Kier molecular flexibility index (Phi) is 9.88. The molecule has 3 N–H and O–H groups in total. The Morgan fingerprint density at radius 2 is 1.55 bits per heavy atom. The highest BCUT2D eigenvalue weighted by Gasteiger charge is 2.41. The first-order valence-electron chi connectivity index (χ1n) is 13.7. The number of hydrogen-bond donors (Lipinski definition) is 3. The van der Waals surface area contributed by atoms with Crippen molar-refractivity contribution in [3.05, 3.63) is 99.0 Å². The van der Waals surface area contributed by atoms with Gasteiger partial charge in [-0.3, -0.25) is 14.4 Å². The Morgan fingerprint density at radius 3 is 2.20 bits per heavy atom. The first kappa shape index (κ1) is 29.6. The zero-order chi connectivity index (χ0) is 28.7. The van der Waals surface area contributed by atoms with Gasteiger partial charge in [0.2, 0.25) is 5.91 Å². The third-order valence-corrected chi connectivity index (χ3v) is 8.16. The summed E-state index contributed by atoms with van der Waals surface area (Å²) in [5, 5.41) is 9.63. The minimum absolute atomic E-state index is 0.0582. The molecule has 40 heavy (non-hydrogen) atoms. The van der Waals surface area contributed by atoms with Crippen molar-refractivity contribution in [1.29, 1.82) is 0 Å². The Bertz CT molecular complexity index is 1350. The molecule has 210 valence electrons. The van der Waals surface area contributed by atoms with E-state index in [2.05, 4.69) is 16.0 Å². The summed E-state index contributed by atoms with van der Waals surface area (Å²) in [5.41, 5.74) is 3.11. The van der Waals surface area contributed by atoms with Crippen molar-refractivity contribution < 1.29 is 14.4 Å². The van der Waals surface area contributed by atoms with Crippen LogP contribution in [0.5, 0.6) is 0 Å². The van der Waals surface area contributed by atoms with Gasteiger partial charge < -0.3 is 16.0 Å². The fourth-order valence-corrected chi connectivity index (χ4v) is 5.93. The number of benzene rings is 3. The molecule has 0 aromatic heterocycles. The average molecular weight is 581 g/mol. The second kappa shape index (κ2) is 13.3. The molecule has 1 aliphatic rings. The van der Waals surface area contributed by atoms with Crippen LogP contribution >= 0.6 is 23.2 Å². The van der Waals surface area contributed by atoms with E-state index in [4.69, 9.17) is 23.2 Å². The number of halogens is 2. The minimum atomic E-state index is -0.456. The highest BCUT2D eigenvalue weighted by molar-refractivity contribution is 6.40. The molecule has 6 nitrogen and oxygen atoms in total. The summed E-state index contributed by atoms with van der Waals surface area (Å²) in [6, 6.07) is 19.9. The fraction of sp³-hybridized carbons (Fsp3) is 0.344. The number of nitrogens with one attached hydrogen (secondary N) is 3. The minimum Gasteiger partial charge on any atom is -0.353 e. The van der Waals surface area contributed by atoms with Crippen LogP contribution in [0.3, 0.4) is 0 Å². The van der Waals surface area contributed by atoms with Crippen LogP contribution in [0.25, 0.3) is 0 Å². The van der Waals surface area contributed by atoms with Crippen LogP contribution in [-0.2, 0) is 11.2 Å². The predicted octanol–water partition coefficient (Wildman–Crippen LogP) is 6.98. The highest BCUT2D eigenvalue weighted by atomic mass is 35.5. The third-order valence-electron chi connectivity index (χ3n) is 7.53. The van der Waals surface area contributed by atoms with Gasteiger partial charge >= 0.3 is 0 Å². The van der Waals surface area contributed by atoms with Gasteiger partial charge in [0.25, 0.3) is 11.8 Å². The Hall–Kier alpha value is -3.35. The molecule has 0 radical (unpaired) electrons. The highest BCUT2D eigenvalue weighted by Crippen LogP contribution is 2.41. The number of amides is 3. The summed E-state index contributed by atoms with van der Waals surface area (Å²) in [4.78, 5) is 38.6. The lowest BCUT2D eigenvalue weighted by molar-refractivity contribution is -0.131. The van der Waals surface area contributed by atoms with Gasteiger partial charge in [0.15, 0.2) is 0 Å². The van der Waals surface area contributed by atoms with Gasteiger partial charge in [0.1, 0.15) is 0 Å². The molecule has 1 unspecified atom stereocenters. The largest absolute Gasteiger partial charge is 0.353 e. The number of carbonyl (C=O) groups is 3. The summed E-state index contributed by atoms with van der Waals surface area (Å²) >= 11 is 12.3. The first-order chi connectivity index (χ1) is 19.2. The smallest absolute Gasteiger partial charge is 0.258 e. The first-order valence-corrected chi connectivity index (χ1v) is 14.4. The molecular formula is C32H35Cl2N3O3. The maximum absolute atomic E-state index is 13.4. The molecule has 1 fully saturated rings. The molecular weight excluding hydrogens is 545 g/mol. The van der Waals surface area contributed by atoms with Gasteiger partial charge in [0, 0.05) is 23.8 Å². The van der Waals surface area contributed by atoms with Crippen LogP contribution in [0.4, 0.5) is 5.69 Å². The fourth-order valence-electron chi connectivity index (χ4n) is 5.36. The van der Waals surface area contributed by atoms with Gasteiger partial charge in [-0.25, -0.2) is 0 Å². The van der Waals surface area contributed by atoms with E-state index in [9.17, 15) is 14.4 Å². The maximum atomic E-state index is 13.4.